The lowest BCUT2D eigenvalue weighted by Gasteiger charge is -2.17. The molecule has 5 heteroatoms. The van der Waals surface area contributed by atoms with Crippen LogP contribution in [0.4, 0.5) is 22.0 Å². The first-order valence-corrected chi connectivity index (χ1v) is 5.48. The molecule has 0 aliphatic carbocycles. The molecule has 0 atom stereocenters. The summed E-state index contributed by atoms with van der Waals surface area (Å²) in [5, 5.41) is 2.78. The van der Waals surface area contributed by atoms with Crippen molar-refractivity contribution >= 4 is 23.2 Å². The van der Waals surface area contributed by atoms with Crippen LogP contribution in [-0.4, -0.2) is 18.1 Å². The fourth-order valence-corrected chi connectivity index (χ4v) is 1.44. The van der Waals surface area contributed by atoms with E-state index in [0.29, 0.717) is 11.5 Å². The number of amides is 2. The molecule has 1 aromatic carbocycles. The zero-order chi connectivity index (χ0) is 13.0. The molecule has 0 fully saturated rings. The number of pyridine rings is 1. The Labute approximate surface area is 105 Å². The third-order valence-corrected chi connectivity index (χ3v) is 2.49. The van der Waals surface area contributed by atoms with Crippen LogP contribution in [0.2, 0.25) is 0 Å². The first kappa shape index (κ1) is 11.9. The molecular formula is C13H14N4O. The van der Waals surface area contributed by atoms with Gasteiger partial charge < -0.3 is 11.1 Å². The summed E-state index contributed by atoms with van der Waals surface area (Å²) >= 11 is 0. The minimum absolute atomic E-state index is 0.229. The van der Waals surface area contributed by atoms with E-state index in [4.69, 9.17) is 5.73 Å². The van der Waals surface area contributed by atoms with Crippen molar-refractivity contribution in [2.24, 2.45) is 0 Å². The molecule has 3 N–H and O–H groups in total. The van der Waals surface area contributed by atoms with Crippen molar-refractivity contribution in [1.29, 1.82) is 0 Å². The predicted octanol–water partition coefficient (Wildman–Crippen LogP) is 2.33. The Bertz CT molecular complexity index is 524. The Morgan fingerprint density at radius 3 is 2.56 bits per heavy atom. The number of rotatable bonds is 2. The van der Waals surface area contributed by atoms with Gasteiger partial charge in [0.25, 0.3) is 0 Å². The molecule has 0 radical (unpaired) electrons. The molecule has 1 aromatic heterocycles. The minimum atomic E-state index is -0.229. The number of hydrogen-bond donors (Lipinski definition) is 2. The van der Waals surface area contributed by atoms with E-state index in [1.165, 1.54) is 4.90 Å². The highest BCUT2D eigenvalue weighted by molar-refractivity contribution is 6.01. The molecular weight excluding hydrogens is 228 g/mol. The van der Waals surface area contributed by atoms with E-state index >= 15 is 0 Å². The Kier molecular flexibility index (Phi) is 3.43. The number of nitrogen functional groups attached to an aromatic ring is 1. The number of benzene rings is 1. The van der Waals surface area contributed by atoms with Gasteiger partial charge in [-0.25, -0.2) is 9.78 Å². The Morgan fingerprint density at radius 1 is 1.22 bits per heavy atom. The molecule has 0 aliphatic rings. The van der Waals surface area contributed by atoms with Crippen molar-refractivity contribution < 1.29 is 4.79 Å². The summed E-state index contributed by atoms with van der Waals surface area (Å²) in [5.41, 5.74) is 6.92. The standard InChI is InChI=1S/C13H14N4O/c1-17(11-7-8-12(14)15-9-11)13(18)16-10-5-3-2-4-6-10/h2-9H,1H3,(H2,14,15)(H,16,18). The molecule has 92 valence electrons. The van der Waals surface area contributed by atoms with Gasteiger partial charge in [0, 0.05) is 12.7 Å². The summed E-state index contributed by atoms with van der Waals surface area (Å²) in [4.78, 5) is 17.4. The highest BCUT2D eigenvalue weighted by atomic mass is 16.2. The molecule has 5 nitrogen and oxygen atoms in total. The van der Waals surface area contributed by atoms with Crippen LogP contribution in [-0.2, 0) is 0 Å². The normalized spacial score (nSPS) is 9.83. The maximum Gasteiger partial charge on any atom is 0.326 e. The fraction of sp³-hybridized carbons (Fsp3) is 0.0769. The van der Waals surface area contributed by atoms with E-state index in [2.05, 4.69) is 10.3 Å². The molecule has 0 saturated carbocycles. The van der Waals surface area contributed by atoms with Gasteiger partial charge >= 0.3 is 6.03 Å². The van der Waals surface area contributed by atoms with Gasteiger partial charge in [0.15, 0.2) is 0 Å². The van der Waals surface area contributed by atoms with Gasteiger partial charge in [-0.2, -0.15) is 0 Å². The second-order valence-corrected chi connectivity index (χ2v) is 3.80. The Hall–Kier alpha value is -2.56. The van der Waals surface area contributed by atoms with Crippen molar-refractivity contribution in [3.63, 3.8) is 0 Å². The maximum absolute atomic E-state index is 12.0. The van der Waals surface area contributed by atoms with Crippen LogP contribution in [0.1, 0.15) is 0 Å². The SMILES string of the molecule is CN(C(=O)Nc1ccccc1)c1ccc(N)nc1. The van der Waals surface area contributed by atoms with Gasteiger partial charge in [-0.05, 0) is 24.3 Å². The van der Waals surface area contributed by atoms with Gasteiger partial charge in [-0.15, -0.1) is 0 Å². The summed E-state index contributed by atoms with van der Waals surface area (Å²) in [6.07, 6.45) is 1.56. The smallest absolute Gasteiger partial charge is 0.326 e. The number of para-hydroxylation sites is 1. The van der Waals surface area contributed by atoms with Gasteiger partial charge in [0.1, 0.15) is 5.82 Å². The number of nitrogens with zero attached hydrogens (tertiary/aromatic N) is 2. The molecule has 2 amide bonds. The van der Waals surface area contributed by atoms with Crippen LogP contribution in [0.5, 0.6) is 0 Å². The zero-order valence-electron chi connectivity index (χ0n) is 10.00. The van der Waals surface area contributed by atoms with E-state index in [1.807, 2.05) is 30.3 Å². The topological polar surface area (TPSA) is 71.2 Å². The molecule has 0 spiro atoms. The highest BCUT2D eigenvalue weighted by Crippen LogP contribution is 2.14. The lowest BCUT2D eigenvalue weighted by Crippen LogP contribution is -2.31. The Balaban J connectivity index is 2.07. The number of urea groups is 1. The van der Waals surface area contributed by atoms with E-state index in [-0.39, 0.29) is 6.03 Å². The van der Waals surface area contributed by atoms with Crippen LogP contribution in [0.3, 0.4) is 0 Å². The van der Waals surface area contributed by atoms with Crippen molar-refractivity contribution in [3.05, 3.63) is 48.7 Å². The van der Waals surface area contributed by atoms with Crippen LogP contribution < -0.4 is 16.0 Å². The number of anilines is 3. The van der Waals surface area contributed by atoms with E-state index in [0.717, 1.165) is 5.69 Å². The van der Waals surface area contributed by atoms with Crippen molar-refractivity contribution in [1.82, 2.24) is 4.98 Å². The van der Waals surface area contributed by atoms with Crippen LogP contribution in [0.15, 0.2) is 48.7 Å². The second kappa shape index (κ2) is 5.18. The number of carbonyl (C=O) groups excluding carboxylic acids is 1. The summed E-state index contributed by atoms with van der Waals surface area (Å²) in [6, 6.07) is 12.4. The summed E-state index contributed by atoms with van der Waals surface area (Å²) in [5.74, 6) is 0.426. The molecule has 2 aromatic rings. The third kappa shape index (κ3) is 2.76. The van der Waals surface area contributed by atoms with Gasteiger partial charge in [0.2, 0.25) is 0 Å². The van der Waals surface area contributed by atoms with Gasteiger partial charge in [0.05, 0.1) is 11.9 Å². The van der Waals surface area contributed by atoms with Crippen molar-refractivity contribution in [3.8, 4) is 0 Å². The number of nitrogens with two attached hydrogens (primary N) is 1. The summed E-state index contributed by atoms with van der Waals surface area (Å²) in [6.45, 7) is 0. The van der Waals surface area contributed by atoms with Gasteiger partial charge in [-0.1, -0.05) is 18.2 Å². The lowest BCUT2D eigenvalue weighted by molar-refractivity contribution is 0.258. The molecule has 1 heterocycles. The number of nitrogens with one attached hydrogen (secondary N) is 1. The Morgan fingerprint density at radius 2 is 1.94 bits per heavy atom. The van der Waals surface area contributed by atoms with Crippen molar-refractivity contribution in [2.75, 3.05) is 23.0 Å². The summed E-state index contributed by atoms with van der Waals surface area (Å²) in [7, 11) is 1.67. The third-order valence-electron chi connectivity index (χ3n) is 2.49. The number of carbonyl (C=O) groups is 1. The zero-order valence-corrected chi connectivity index (χ0v) is 10.00. The van der Waals surface area contributed by atoms with E-state index in [9.17, 15) is 4.79 Å². The molecule has 0 bridgehead atoms. The maximum atomic E-state index is 12.0. The highest BCUT2D eigenvalue weighted by Gasteiger charge is 2.10. The lowest BCUT2D eigenvalue weighted by atomic mass is 10.3. The quantitative estimate of drug-likeness (QED) is 0.849. The number of aromatic nitrogens is 1. The van der Waals surface area contributed by atoms with Crippen LogP contribution in [0, 0.1) is 0 Å². The van der Waals surface area contributed by atoms with Gasteiger partial charge in [-0.3, -0.25) is 4.90 Å². The molecule has 0 unspecified atom stereocenters. The predicted molar refractivity (Wildman–Crippen MR) is 72.5 cm³/mol. The van der Waals surface area contributed by atoms with Crippen LogP contribution >= 0.6 is 0 Å². The van der Waals surface area contributed by atoms with Crippen LogP contribution in [0.25, 0.3) is 0 Å². The monoisotopic (exact) mass is 242 g/mol. The minimum Gasteiger partial charge on any atom is -0.384 e. The first-order chi connectivity index (χ1) is 8.66. The average molecular weight is 242 g/mol. The van der Waals surface area contributed by atoms with E-state index in [1.54, 1.807) is 25.4 Å². The number of hydrogen-bond acceptors (Lipinski definition) is 3. The molecule has 0 saturated heterocycles. The largest absolute Gasteiger partial charge is 0.384 e. The summed E-state index contributed by atoms with van der Waals surface area (Å²) < 4.78 is 0. The average Bonchev–Trinajstić information content (AvgIpc) is 2.40. The molecule has 2 rings (SSSR count). The fourth-order valence-electron chi connectivity index (χ4n) is 1.44. The van der Waals surface area contributed by atoms with Crippen molar-refractivity contribution in [2.45, 2.75) is 0 Å². The van der Waals surface area contributed by atoms with E-state index < -0.39 is 0 Å². The first-order valence-electron chi connectivity index (χ1n) is 5.48. The molecule has 0 aliphatic heterocycles. The molecule has 18 heavy (non-hydrogen) atoms. The second-order valence-electron chi connectivity index (χ2n) is 3.80.